The van der Waals surface area contributed by atoms with E-state index in [0.29, 0.717) is 29.2 Å². The van der Waals surface area contributed by atoms with Gasteiger partial charge in [-0.05, 0) is 50.6 Å². The van der Waals surface area contributed by atoms with Gasteiger partial charge >= 0.3 is 0 Å². The van der Waals surface area contributed by atoms with Crippen molar-refractivity contribution in [2.45, 2.75) is 38.8 Å². The number of benzene rings is 2. The van der Waals surface area contributed by atoms with Crippen LogP contribution in [-0.4, -0.2) is 33.3 Å². The predicted octanol–water partition coefficient (Wildman–Crippen LogP) is 3.41. The van der Waals surface area contributed by atoms with Gasteiger partial charge in [0.25, 0.3) is 5.91 Å². The predicted molar refractivity (Wildman–Crippen MR) is 112 cm³/mol. The molecule has 0 fully saturated rings. The minimum Gasteiger partial charge on any atom is -0.497 e. The summed E-state index contributed by atoms with van der Waals surface area (Å²) in [6.45, 7) is 5.71. The molecule has 7 nitrogen and oxygen atoms in total. The summed E-state index contributed by atoms with van der Waals surface area (Å²) >= 11 is 0. The van der Waals surface area contributed by atoms with Crippen molar-refractivity contribution < 1.29 is 22.7 Å². The highest BCUT2D eigenvalue weighted by atomic mass is 32.2. The van der Waals surface area contributed by atoms with Crippen molar-refractivity contribution in [3.05, 3.63) is 53.1 Å². The van der Waals surface area contributed by atoms with E-state index in [-0.39, 0.29) is 11.9 Å². The van der Waals surface area contributed by atoms with Gasteiger partial charge in [-0.1, -0.05) is 6.07 Å². The Kier molecular flexibility index (Phi) is 5.49. The first-order chi connectivity index (χ1) is 13.5. The fraction of sp³-hybridized carbons (Fsp3) is 0.381. The summed E-state index contributed by atoms with van der Waals surface area (Å²) in [4.78, 5) is 12.9. The third-order valence-corrected chi connectivity index (χ3v) is 5.37. The minimum atomic E-state index is -3.44. The molecule has 156 valence electrons. The van der Waals surface area contributed by atoms with E-state index >= 15 is 0 Å². The Labute approximate surface area is 171 Å². The van der Waals surface area contributed by atoms with Crippen LogP contribution in [0, 0.1) is 6.92 Å². The first-order valence-electron chi connectivity index (χ1n) is 9.24. The molecule has 1 aliphatic rings. The topological polar surface area (TPSA) is 93.7 Å². The molecular weight excluding hydrogens is 392 g/mol. The maximum absolute atomic E-state index is 12.9. The second-order valence-electron chi connectivity index (χ2n) is 7.90. The largest absolute Gasteiger partial charge is 0.497 e. The van der Waals surface area contributed by atoms with Crippen molar-refractivity contribution in [1.29, 1.82) is 0 Å². The van der Waals surface area contributed by atoms with Gasteiger partial charge in [0.15, 0.2) is 0 Å². The monoisotopic (exact) mass is 418 g/mol. The second kappa shape index (κ2) is 7.59. The quantitative estimate of drug-likeness (QED) is 0.776. The molecular formula is C21H26N2O5S. The zero-order valence-corrected chi connectivity index (χ0v) is 18.0. The number of nitrogens with one attached hydrogen (secondary N) is 2. The van der Waals surface area contributed by atoms with E-state index in [4.69, 9.17) is 9.47 Å². The molecule has 8 heteroatoms. The number of ether oxygens (including phenoxy) is 2. The van der Waals surface area contributed by atoms with Crippen LogP contribution in [0.15, 0.2) is 36.4 Å². The van der Waals surface area contributed by atoms with Gasteiger partial charge in [-0.25, -0.2) is 8.42 Å². The van der Waals surface area contributed by atoms with Crippen LogP contribution in [-0.2, 0) is 10.0 Å². The van der Waals surface area contributed by atoms with Crippen LogP contribution < -0.4 is 19.5 Å². The number of methoxy groups -OCH3 is 1. The lowest BCUT2D eigenvalue weighted by molar-refractivity contribution is 0.0617. The van der Waals surface area contributed by atoms with E-state index in [9.17, 15) is 13.2 Å². The normalized spacial score (nSPS) is 17.6. The van der Waals surface area contributed by atoms with Gasteiger partial charge in [-0.2, -0.15) is 0 Å². The molecule has 2 aromatic carbocycles. The van der Waals surface area contributed by atoms with Gasteiger partial charge in [0, 0.05) is 23.6 Å². The van der Waals surface area contributed by atoms with Crippen LogP contribution in [0.1, 0.15) is 47.8 Å². The summed E-state index contributed by atoms with van der Waals surface area (Å²) in [5.74, 6) is 1.07. The SMILES string of the molecule is COc1ccc2c(c1)OC(C)(C)C[C@H]2NC(=O)c1ccc(C)c(NS(C)(=O)=O)c1. The molecule has 1 atom stereocenters. The molecule has 1 aliphatic heterocycles. The van der Waals surface area contributed by atoms with Crippen LogP contribution in [0.25, 0.3) is 0 Å². The Hall–Kier alpha value is -2.74. The summed E-state index contributed by atoms with van der Waals surface area (Å²) < 4.78 is 36.9. The number of carbonyl (C=O) groups excluding carboxylic acids is 1. The first kappa shape index (κ1) is 21.0. The van der Waals surface area contributed by atoms with E-state index in [1.54, 1.807) is 32.2 Å². The number of sulfonamides is 1. The number of hydrogen-bond donors (Lipinski definition) is 2. The number of carbonyl (C=O) groups is 1. The van der Waals surface area contributed by atoms with Crippen molar-refractivity contribution in [1.82, 2.24) is 5.32 Å². The number of hydrogen-bond acceptors (Lipinski definition) is 5. The van der Waals surface area contributed by atoms with Gasteiger partial charge in [0.05, 0.1) is 25.1 Å². The Morgan fingerprint density at radius 3 is 2.59 bits per heavy atom. The Morgan fingerprint density at radius 1 is 1.21 bits per heavy atom. The maximum atomic E-state index is 12.9. The van der Waals surface area contributed by atoms with Crippen LogP contribution in [0.5, 0.6) is 11.5 Å². The van der Waals surface area contributed by atoms with E-state index in [2.05, 4.69) is 10.0 Å². The summed E-state index contributed by atoms with van der Waals surface area (Å²) in [5.41, 5.74) is 1.91. The summed E-state index contributed by atoms with van der Waals surface area (Å²) in [5, 5.41) is 3.06. The molecule has 0 saturated heterocycles. The lowest BCUT2D eigenvalue weighted by Crippen LogP contribution is -2.41. The van der Waals surface area contributed by atoms with Crippen LogP contribution in [0.4, 0.5) is 5.69 Å². The lowest BCUT2D eigenvalue weighted by atomic mass is 9.89. The van der Waals surface area contributed by atoms with Crippen molar-refractivity contribution in [3.8, 4) is 11.5 Å². The van der Waals surface area contributed by atoms with E-state index in [1.165, 1.54) is 0 Å². The maximum Gasteiger partial charge on any atom is 0.251 e. The molecule has 3 rings (SSSR count). The average molecular weight is 419 g/mol. The molecule has 0 unspecified atom stereocenters. The lowest BCUT2D eigenvalue weighted by Gasteiger charge is -2.38. The molecule has 2 aromatic rings. The van der Waals surface area contributed by atoms with Crippen molar-refractivity contribution in [2.24, 2.45) is 0 Å². The number of rotatable bonds is 5. The number of amides is 1. The van der Waals surface area contributed by atoms with E-state index in [0.717, 1.165) is 17.4 Å². The van der Waals surface area contributed by atoms with E-state index < -0.39 is 15.6 Å². The molecule has 0 spiro atoms. The highest BCUT2D eigenvalue weighted by Gasteiger charge is 2.35. The molecule has 29 heavy (non-hydrogen) atoms. The molecule has 2 N–H and O–H groups in total. The highest BCUT2D eigenvalue weighted by Crippen LogP contribution is 2.41. The number of aryl methyl sites for hydroxylation is 1. The summed E-state index contributed by atoms with van der Waals surface area (Å²) in [7, 11) is -1.85. The van der Waals surface area contributed by atoms with Crippen LogP contribution in [0.2, 0.25) is 0 Å². The zero-order chi connectivity index (χ0) is 21.4. The van der Waals surface area contributed by atoms with E-state index in [1.807, 2.05) is 32.0 Å². The van der Waals surface area contributed by atoms with Gasteiger partial charge in [-0.15, -0.1) is 0 Å². The van der Waals surface area contributed by atoms with Crippen LogP contribution in [0.3, 0.4) is 0 Å². The fourth-order valence-electron chi connectivity index (χ4n) is 3.40. The molecule has 0 radical (unpaired) electrons. The van der Waals surface area contributed by atoms with Gasteiger partial charge < -0.3 is 14.8 Å². The standard InChI is InChI=1S/C21H26N2O5S/c1-13-6-7-14(10-17(13)23-29(5,25)26)20(24)22-18-12-21(2,3)28-19-11-15(27-4)8-9-16(18)19/h6-11,18,23H,12H2,1-5H3,(H,22,24)/t18-/m1/s1. The molecule has 0 bridgehead atoms. The Bertz CT molecular complexity index is 1050. The van der Waals surface area contributed by atoms with Crippen LogP contribution >= 0.6 is 0 Å². The van der Waals surface area contributed by atoms with Crippen molar-refractivity contribution in [3.63, 3.8) is 0 Å². The van der Waals surface area contributed by atoms with Crippen molar-refractivity contribution >= 4 is 21.6 Å². The molecule has 0 aromatic heterocycles. The summed E-state index contributed by atoms with van der Waals surface area (Å²) in [6, 6.07) is 10.2. The molecule has 0 aliphatic carbocycles. The first-order valence-corrected chi connectivity index (χ1v) is 11.1. The second-order valence-corrected chi connectivity index (χ2v) is 9.65. The number of anilines is 1. The molecule has 1 amide bonds. The van der Waals surface area contributed by atoms with Crippen molar-refractivity contribution in [2.75, 3.05) is 18.1 Å². The summed E-state index contributed by atoms with van der Waals surface area (Å²) in [6.07, 6.45) is 1.67. The third-order valence-electron chi connectivity index (χ3n) is 4.78. The zero-order valence-electron chi connectivity index (χ0n) is 17.2. The molecule has 1 heterocycles. The molecule has 0 saturated carbocycles. The van der Waals surface area contributed by atoms with Gasteiger partial charge in [-0.3, -0.25) is 9.52 Å². The minimum absolute atomic E-state index is 0.250. The fourth-order valence-corrected chi connectivity index (χ4v) is 4.02. The number of fused-ring (bicyclic) bond motifs is 1. The Balaban J connectivity index is 1.88. The highest BCUT2D eigenvalue weighted by molar-refractivity contribution is 7.92. The Morgan fingerprint density at radius 2 is 1.93 bits per heavy atom. The van der Waals surface area contributed by atoms with Gasteiger partial charge in [0.2, 0.25) is 10.0 Å². The smallest absolute Gasteiger partial charge is 0.251 e. The average Bonchev–Trinajstić information content (AvgIpc) is 2.60. The van der Waals surface area contributed by atoms with Gasteiger partial charge in [0.1, 0.15) is 17.1 Å². The third kappa shape index (κ3) is 5.00.